The molecule has 0 aliphatic carbocycles. The lowest BCUT2D eigenvalue weighted by Gasteiger charge is -2.06. The molecule has 1 heterocycles. The first-order valence-electron chi connectivity index (χ1n) is 5.91. The predicted octanol–water partition coefficient (Wildman–Crippen LogP) is 1.29. The number of benzene rings is 1. The summed E-state index contributed by atoms with van der Waals surface area (Å²) in [4.78, 5) is 11.8. The Bertz CT molecular complexity index is 637. The van der Waals surface area contributed by atoms with Gasteiger partial charge in [0.15, 0.2) is 5.82 Å². The van der Waals surface area contributed by atoms with Gasteiger partial charge >= 0.3 is 5.97 Å². The molecule has 0 atom stereocenters. The van der Waals surface area contributed by atoms with Crippen LogP contribution in [0.5, 0.6) is 5.75 Å². The van der Waals surface area contributed by atoms with Crippen LogP contribution in [0, 0.1) is 0 Å². The number of carbonyl (C=O) groups excluding carboxylic acids is 1. The fraction of sp³-hybridized carbons (Fsp3) is 0.231. The van der Waals surface area contributed by atoms with Crippen LogP contribution in [0.15, 0.2) is 24.3 Å². The Kier molecular flexibility index (Phi) is 3.79. The Balaban J connectivity index is 2.57. The van der Waals surface area contributed by atoms with Gasteiger partial charge in [-0.2, -0.15) is 0 Å². The summed E-state index contributed by atoms with van der Waals surface area (Å²) in [7, 11) is 4.53. The highest BCUT2D eigenvalue weighted by Gasteiger charge is 2.23. The summed E-state index contributed by atoms with van der Waals surface area (Å²) in [5.74, 6) is 0.690. The van der Waals surface area contributed by atoms with Gasteiger partial charge in [0, 0.05) is 13.1 Å². The van der Waals surface area contributed by atoms with Gasteiger partial charge in [-0.15, -0.1) is 5.10 Å². The molecule has 0 radical (unpaired) electrons. The number of hydrogen-bond donors (Lipinski definition) is 2. The van der Waals surface area contributed by atoms with E-state index in [9.17, 15) is 4.79 Å². The summed E-state index contributed by atoms with van der Waals surface area (Å²) in [6, 6.07) is 7.20. The minimum atomic E-state index is -0.541. The summed E-state index contributed by atoms with van der Waals surface area (Å²) in [6.07, 6.45) is 0. The first-order chi connectivity index (χ1) is 9.62. The summed E-state index contributed by atoms with van der Waals surface area (Å²) >= 11 is 0. The number of esters is 1. The van der Waals surface area contributed by atoms with E-state index in [0.29, 0.717) is 17.3 Å². The number of hydrogen-bond acceptors (Lipinski definition) is 6. The maximum Gasteiger partial charge on any atom is 0.345 e. The molecule has 0 amide bonds. The van der Waals surface area contributed by atoms with Crippen LogP contribution in [0.1, 0.15) is 10.4 Å². The smallest absolute Gasteiger partial charge is 0.345 e. The molecule has 2 rings (SSSR count). The van der Waals surface area contributed by atoms with Crippen molar-refractivity contribution in [3.05, 3.63) is 29.8 Å². The molecule has 0 aliphatic rings. The highest BCUT2D eigenvalue weighted by molar-refractivity contribution is 5.99. The number of nitrogens with two attached hydrogens (primary N) is 1. The first-order valence-corrected chi connectivity index (χ1v) is 5.91. The van der Waals surface area contributed by atoms with Gasteiger partial charge in [0.1, 0.15) is 17.1 Å². The number of rotatable bonds is 4. The van der Waals surface area contributed by atoms with Crippen molar-refractivity contribution >= 4 is 17.6 Å². The van der Waals surface area contributed by atoms with Crippen molar-refractivity contribution in [2.24, 2.45) is 0 Å². The van der Waals surface area contributed by atoms with E-state index >= 15 is 0 Å². The minimum absolute atomic E-state index is 0.203. The van der Waals surface area contributed by atoms with Gasteiger partial charge in [-0.05, 0) is 12.1 Å². The lowest BCUT2D eigenvalue weighted by Crippen LogP contribution is -2.08. The Morgan fingerprint density at radius 3 is 2.75 bits per heavy atom. The molecule has 1 aromatic carbocycles. The van der Waals surface area contributed by atoms with Gasteiger partial charge in [0.2, 0.25) is 0 Å². The number of aromatic nitrogens is 2. The van der Waals surface area contributed by atoms with E-state index in [1.165, 1.54) is 11.8 Å². The second-order valence-electron chi connectivity index (χ2n) is 3.96. The fourth-order valence-corrected chi connectivity index (χ4v) is 1.85. The van der Waals surface area contributed by atoms with E-state index in [1.807, 2.05) is 18.2 Å². The summed E-state index contributed by atoms with van der Waals surface area (Å²) in [6.45, 7) is 0. The summed E-state index contributed by atoms with van der Waals surface area (Å²) < 4.78 is 11.3. The predicted molar refractivity (Wildman–Crippen MR) is 75.4 cm³/mol. The topological polar surface area (TPSA) is 91.4 Å². The molecule has 106 valence electrons. The lowest BCUT2D eigenvalue weighted by atomic mass is 10.2. The van der Waals surface area contributed by atoms with E-state index in [1.54, 1.807) is 20.2 Å². The molecule has 0 spiro atoms. The standard InChI is InChI=1S/C13H16N4O3/c1-15-12-10(13(18)20-3)11(14)17(16-12)8-5-4-6-9(7-8)19-2/h4-7H,14H2,1-3H3,(H,15,16). The summed E-state index contributed by atoms with van der Waals surface area (Å²) in [5, 5.41) is 7.09. The van der Waals surface area contributed by atoms with Crippen LogP contribution in [0.3, 0.4) is 0 Å². The second kappa shape index (κ2) is 5.52. The minimum Gasteiger partial charge on any atom is -0.497 e. The number of nitrogens with one attached hydrogen (secondary N) is 1. The number of nitrogens with zero attached hydrogens (tertiary/aromatic N) is 2. The van der Waals surface area contributed by atoms with E-state index in [-0.39, 0.29) is 11.4 Å². The number of methoxy groups -OCH3 is 2. The van der Waals surface area contributed by atoms with Gasteiger partial charge in [0.25, 0.3) is 0 Å². The fourth-order valence-electron chi connectivity index (χ4n) is 1.85. The molecule has 7 nitrogen and oxygen atoms in total. The van der Waals surface area contributed by atoms with Gasteiger partial charge < -0.3 is 20.5 Å². The highest BCUT2D eigenvalue weighted by Crippen LogP contribution is 2.26. The molecule has 0 saturated carbocycles. The number of nitrogen functional groups attached to an aromatic ring is 1. The number of carbonyl (C=O) groups is 1. The average molecular weight is 276 g/mol. The first kappa shape index (κ1) is 13.7. The van der Waals surface area contributed by atoms with E-state index < -0.39 is 5.97 Å². The third-order valence-corrected chi connectivity index (χ3v) is 2.85. The van der Waals surface area contributed by atoms with Crippen LogP contribution in [-0.4, -0.2) is 37.0 Å². The normalized spacial score (nSPS) is 10.2. The van der Waals surface area contributed by atoms with Gasteiger partial charge in [0.05, 0.1) is 19.9 Å². The zero-order valence-corrected chi connectivity index (χ0v) is 11.5. The molecular weight excluding hydrogens is 260 g/mol. The van der Waals surface area contributed by atoms with Crippen LogP contribution in [0.2, 0.25) is 0 Å². The second-order valence-corrected chi connectivity index (χ2v) is 3.96. The van der Waals surface area contributed by atoms with Crippen molar-refractivity contribution in [1.82, 2.24) is 9.78 Å². The molecule has 20 heavy (non-hydrogen) atoms. The van der Waals surface area contributed by atoms with Crippen LogP contribution >= 0.6 is 0 Å². The van der Waals surface area contributed by atoms with E-state index in [4.69, 9.17) is 15.2 Å². The maximum absolute atomic E-state index is 11.8. The van der Waals surface area contributed by atoms with Crippen LogP contribution in [0.25, 0.3) is 5.69 Å². The van der Waals surface area contributed by atoms with Gasteiger partial charge in [-0.1, -0.05) is 6.07 Å². The monoisotopic (exact) mass is 276 g/mol. The number of anilines is 2. The Labute approximate surface area is 116 Å². The van der Waals surface area contributed by atoms with E-state index in [0.717, 1.165) is 0 Å². The average Bonchev–Trinajstić information content (AvgIpc) is 2.83. The zero-order chi connectivity index (χ0) is 14.7. The molecule has 7 heteroatoms. The molecule has 3 N–H and O–H groups in total. The largest absolute Gasteiger partial charge is 0.497 e. The van der Waals surface area contributed by atoms with Crippen molar-refractivity contribution < 1.29 is 14.3 Å². The summed E-state index contributed by atoms with van der Waals surface area (Å²) in [5.41, 5.74) is 6.89. The molecule has 0 aliphatic heterocycles. The van der Waals surface area contributed by atoms with Crippen molar-refractivity contribution in [1.29, 1.82) is 0 Å². The molecule has 2 aromatic rings. The van der Waals surface area contributed by atoms with Gasteiger partial charge in [-0.25, -0.2) is 9.48 Å². The quantitative estimate of drug-likeness (QED) is 0.818. The van der Waals surface area contributed by atoms with Crippen molar-refractivity contribution in [2.75, 3.05) is 32.3 Å². The highest BCUT2D eigenvalue weighted by atomic mass is 16.5. The van der Waals surface area contributed by atoms with Crippen molar-refractivity contribution in [3.63, 3.8) is 0 Å². The molecule has 0 fully saturated rings. The van der Waals surface area contributed by atoms with Crippen LogP contribution in [-0.2, 0) is 4.74 Å². The van der Waals surface area contributed by atoms with Crippen LogP contribution in [0.4, 0.5) is 11.6 Å². The molecule has 0 saturated heterocycles. The Hall–Kier alpha value is -2.70. The maximum atomic E-state index is 11.8. The lowest BCUT2D eigenvalue weighted by molar-refractivity contribution is 0.0603. The SMILES string of the molecule is CNc1nn(-c2cccc(OC)c2)c(N)c1C(=O)OC. The molecular formula is C13H16N4O3. The zero-order valence-electron chi connectivity index (χ0n) is 11.5. The Morgan fingerprint density at radius 1 is 1.40 bits per heavy atom. The van der Waals surface area contributed by atoms with Crippen molar-refractivity contribution in [2.45, 2.75) is 0 Å². The van der Waals surface area contributed by atoms with Crippen LogP contribution < -0.4 is 15.8 Å². The van der Waals surface area contributed by atoms with E-state index in [2.05, 4.69) is 10.4 Å². The third-order valence-electron chi connectivity index (χ3n) is 2.85. The molecule has 0 unspecified atom stereocenters. The van der Waals surface area contributed by atoms with Crippen molar-refractivity contribution in [3.8, 4) is 11.4 Å². The Morgan fingerprint density at radius 2 is 2.15 bits per heavy atom. The molecule has 0 bridgehead atoms. The molecule has 1 aromatic heterocycles. The number of ether oxygens (including phenoxy) is 2. The third kappa shape index (κ3) is 2.25. The van der Waals surface area contributed by atoms with Gasteiger partial charge in [-0.3, -0.25) is 0 Å².